The number of carbonyl (C=O) groups excluding carboxylic acids is 1. The molecule has 0 radical (unpaired) electrons. The van der Waals surface area contributed by atoms with Gasteiger partial charge >= 0.3 is 0 Å². The molecule has 0 saturated heterocycles. The fourth-order valence-corrected chi connectivity index (χ4v) is 2.32. The summed E-state index contributed by atoms with van der Waals surface area (Å²) in [5, 5.41) is 2.92. The molecule has 0 aliphatic rings. The van der Waals surface area contributed by atoms with Gasteiger partial charge in [-0.1, -0.05) is 32.9 Å². The Labute approximate surface area is 131 Å². The molecule has 0 spiro atoms. The number of hydrogen-bond donors (Lipinski definition) is 1. The summed E-state index contributed by atoms with van der Waals surface area (Å²) >= 11 is 0. The van der Waals surface area contributed by atoms with Crippen LogP contribution in [0.4, 0.5) is 0 Å². The largest absolute Gasteiger partial charge is 0.446 e. The summed E-state index contributed by atoms with van der Waals surface area (Å²) in [7, 11) is 0. The molecule has 1 aromatic carbocycles. The molecule has 2 aromatic rings. The van der Waals surface area contributed by atoms with Gasteiger partial charge in [-0.3, -0.25) is 4.79 Å². The van der Waals surface area contributed by atoms with Crippen LogP contribution < -0.4 is 5.32 Å². The molecule has 0 aliphatic heterocycles. The third-order valence-corrected chi connectivity index (χ3v) is 3.65. The molecule has 4 heteroatoms. The number of rotatable bonds is 4. The fraction of sp³-hybridized carbons (Fsp3) is 0.444. The highest BCUT2D eigenvalue weighted by molar-refractivity contribution is 5.94. The summed E-state index contributed by atoms with van der Waals surface area (Å²) in [5.41, 5.74) is 2.88. The number of hydrogen-bond acceptors (Lipinski definition) is 3. The van der Waals surface area contributed by atoms with Crippen molar-refractivity contribution in [2.45, 2.75) is 46.5 Å². The van der Waals surface area contributed by atoms with Crippen molar-refractivity contribution in [2.75, 3.05) is 6.54 Å². The molecule has 1 amide bonds. The fourth-order valence-electron chi connectivity index (χ4n) is 2.32. The second kappa shape index (κ2) is 6.34. The van der Waals surface area contributed by atoms with Crippen molar-refractivity contribution in [1.82, 2.24) is 10.3 Å². The number of oxazole rings is 1. The van der Waals surface area contributed by atoms with Crippen LogP contribution >= 0.6 is 0 Å². The Morgan fingerprint density at radius 2 is 1.82 bits per heavy atom. The highest BCUT2D eigenvalue weighted by atomic mass is 16.4. The Morgan fingerprint density at radius 3 is 2.32 bits per heavy atom. The lowest BCUT2D eigenvalue weighted by Gasteiger charge is -2.19. The van der Waals surface area contributed by atoms with Gasteiger partial charge in [0.25, 0.3) is 5.91 Å². The van der Waals surface area contributed by atoms with Gasteiger partial charge in [-0.2, -0.15) is 0 Å². The molecule has 0 atom stereocenters. The molecule has 2 rings (SSSR count). The van der Waals surface area contributed by atoms with Crippen LogP contribution in [0, 0.1) is 13.8 Å². The first-order valence-electron chi connectivity index (χ1n) is 7.59. The number of aromatic nitrogens is 1. The zero-order chi connectivity index (χ0) is 16.3. The van der Waals surface area contributed by atoms with E-state index in [2.05, 4.69) is 31.1 Å². The number of benzene rings is 1. The first-order valence-corrected chi connectivity index (χ1v) is 7.59. The number of nitrogens with zero attached hydrogens (tertiary/aromatic N) is 1. The standard InChI is InChI=1S/C18H24N2O2/c1-12-16(22-13(2)20-12)10-11-19-17(21)14-6-8-15(9-7-14)18(3,4)5/h6-9H,10-11H2,1-5H3,(H,19,21). The van der Waals surface area contributed by atoms with Crippen LogP contribution in [0.1, 0.15) is 54.0 Å². The average Bonchev–Trinajstić information content (AvgIpc) is 2.76. The van der Waals surface area contributed by atoms with Gasteiger partial charge in [0.1, 0.15) is 5.76 Å². The van der Waals surface area contributed by atoms with Crippen molar-refractivity contribution >= 4 is 5.91 Å². The van der Waals surface area contributed by atoms with Crippen molar-refractivity contribution < 1.29 is 9.21 Å². The summed E-state index contributed by atoms with van der Waals surface area (Å²) in [6.45, 7) is 10.7. The van der Waals surface area contributed by atoms with E-state index in [4.69, 9.17) is 4.42 Å². The van der Waals surface area contributed by atoms with E-state index < -0.39 is 0 Å². The van der Waals surface area contributed by atoms with E-state index in [0.717, 1.165) is 11.5 Å². The molecule has 22 heavy (non-hydrogen) atoms. The predicted molar refractivity (Wildman–Crippen MR) is 87.2 cm³/mol. The summed E-state index contributed by atoms with van der Waals surface area (Å²) in [4.78, 5) is 16.3. The van der Waals surface area contributed by atoms with Gasteiger partial charge in [-0.15, -0.1) is 0 Å². The van der Waals surface area contributed by atoms with Crippen molar-refractivity contribution in [1.29, 1.82) is 0 Å². The van der Waals surface area contributed by atoms with Gasteiger partial charge < -0.3 is 9.73 Å². The monoisotopic (exact) mass is 300 g/mol. The van der Waals surface area contributed by atoms with E-state index in [0.29, 0.717) is 24.4 Å². The molecule has 0 unspecified atom stereocenters. The Morgan fingerprint density at radius 1 is 1.18 bits per heavy atom. The first kappa shape index (κ1) is 16.3. The predicted octanol–water partition coefficient (Wildman–Crippen LogP) is 3.56. The van der Waals surface area contributed by atoms with Crippen LogP contribution in [-0.2, 0) is 11.8 Å². The molecular weight excluding hydrogens is 276 g/mol. The highest BCUT2D eigenvalue weighted by Gasteiger charge is 2.14. The van der Waals surface area contributed by atoms with Crippen molar-refractivity contribution in [2.24, 2.45) is 0 Å². The van der Waals surface area contributed by atoms with Gasteiger partial charge in [0, 0.05) is 25.5 Å². The minimum absolute atomic E-state index is 0.0608. The molecule has 118 valence electrons. The van der Waals surface area contributed by atoms with Crippen molar-refractivity contribution in [3.63, 3.8) is 0 Å². The lowest BCUT2D eigenvalue weighted by molar-refractivity contribution is 0.0953. The minimum Gasteiger partial charge on any atom is -0.446 e. The molecule has 0 fully saturated rings. The van der Waals surface area contributed by atoms with E-state index in [9.17, 15) is 4.79 Å². The Hall–Kier alpha value is -2.10. The Bertz CT molecular complexity index is 649. The number of nitrogens with one attached hydrogen (secondary N) is 1. The number of aryl methyl sites for hydroxylation is 2. The zero-order valence-electron chi connectivity index (χ0n) is 14.0. The van der Waals surface area contributed by atoms with Crippen LogP contribution in [0.3, 0.4) is 0 Å². The molecule has 1 N–H and O–H groups in total. The molecule has 0 saturated carbocycles. The summed E-state index contributed by atoms with van der Waals surface area (Å²) in [6, 6.07) is 7.78. The van der Waals surface area contributed by atoms with Gasteiger partial charge in [-0.05, 0) is 30.0 Å². The first-order chi connectivity index (χ1) is 10.3. The second-order valence-corrected chi connectivity index (χ2v) is 6.57. The maximum Gasteiger partial charge on any atom is 0.251 e. The summed E-state index contributed by atoms with van der Waals surface area (Å²) in [5.74, 6) is 1.44. The molecule has 0 aliphatic carbocycles. The van der Waals surface area contributed by atoms with E-state index in [1.54, 1.807) is 0 Å². The lowest BCUT2D eigenvalue weighted by Crippen LogP contribution is -2.25. The minimum atomic E-state index is -0.0608. The van der Waals surface area contributed by atoms with Gasteiger partial charge in [-0.25, -0.2) is 4.98 Å². The van der Waals surface area contributed by atoms with Crippen LogP contribution in [-0.4, -0.2) is 17.4 Å². The summed E-state index contributed by atoms with van der Waals surface area (Å²) < 4.78 is 5.49. The van der Waals surface area contributed by atoms with Crippen molar-refractivity contribution in [3.8, 4) is 0 Å². The van der Waals surface area contributed by atoms with Crippen LogP contribution in [0.2, 0.25) is 0 Å². The summed E-state index contributed by atoms with van der Waals surface area (Å²) in [6.07, 6.45) is 0.651. The van der Waals surface area contributed by atoms with E-state index in [-0.39, 0.29) is 11.3 Å². The molecule has 4 nitrogen and oxygen atoms in total. The smallest absolute Gasteiger partial charge is 0.251 e. The lowest BCUT2D eigenvalue weighted by atomic mass is 9.87. The maximum atomic E-state index is 12.1. The number of carbonyl (C=O) groups is 1. The molecular formula is C18H24N2O2. The SMILES string of the molecule is Cc1nc(C)c(CCNC(=O)c2ccc(C(C)(C)C)cc2)o1. The van der Waals surface area contributed by atoms with Gasteiger partial charge in [0.2, 0.25) is 0 Å². The molecule has 1 heterocycles. The Balaban J connectivity index is 1.91. The maximum absolute atomic E-state index is 12.1. The topological polar surface area (TPSA) is 55.1 Å². The van der Waals surface area contributed by atoms with Crippen molar-refractivity contribution in [3.05, 3.63) is 52.7 Å². The Kier molecular flexibility index (Phi) is 4.69. The van der Waals surface area contributed by atoms with E-state index >= 15 is 0 Å². The average molecular weight is 300 g/mol. The highest BCUT2D eigenvalue weighted by Crippen LogP contribution is 2.22. The van der Waals surface area contributed by atoms with E-state index in [1.807, 2.05) is 38.1 Å². The second-order valence-electron chi connectivity index (χ2n) is 6.57. The normalized spacial score (nSPS) is 11.5. The zero-order valence-corrected chi connectivity index (χ0v) is 14.0. The third-order valence-electron chi connectivity index (χ3n) is 3.65. The molecule has 1 aromatic heterocycles. The van der Waals surface area contributed by atoms with Gasteiger partial charge in [0.05, 0.1) is 5.69 Å². The quantitative estimate of drug-likeness (QED) is 0.939. The van der Waals surface area contributed by atoms with Gasteiger partial charge in [0.15, 0.2) is 5.89 Å². The number of amides is 1. The molecule has 0 bridgehead atoms. The van der Waals surface area contributed by atoms with E-state index in [1.165, 1.54) is 5.56 Å². The van der Waals surface area contributed by atoms with Crippen LogP contribution in [0.25, 0.3) is 0 Å². The third kappa shape index (κ3) is 3.97. The van der Waals surface area contributed by atoms with Crippen LogP contribution in [0.15, 0.2) is 28.7 Å². The van der Waals surface area contributed by atoms with Crippen LogP contribution in [0.5, 0.6) is 0 Å².